The highest BCUT2D eigenvalue weighted by atomic mass is 16.5. The van der Waals surface area contributed by atoms with Crippen molar-refractivity contribution in [3.05, 3.63) is 77.6 Å². The maximum absolute atomic E-state index is 12.6. The third kappa shape index (κ3) is 4.32. The first-order chi connectivity index (χ1) is 14.7. The fourth-order valence-electron chi connectivity index (χ4n) is 3.53. The summed E-state index contributed by atoms with van der Waals surface area (Å²) in [6.45, 7) is 1.19. The fraction of sp³-hybridized carbons (Fsp3) is 0.261. The van der Waals surface area contributed by atoms with Gasteiger partial charge in [0.05, 0.1) is 31.1 Å². The van der Waals surface area contributed by atoms with E-state index in [1.807, 2.05) is 30.3 Å². The normalized spacial score (nSPS) is 16.9. The third-order valence-electron chi connectivity index (χ3n) is 5.28. The molecule has 3 aromatic rings. The molecule has 154 valence electrons. The quantitative estimate of drug-likeness (QED) is 0.583. The average molecular weight is 404 g/mol. The van der Waals surface area contributed by atoms with Gasteiger partial charge in [-0.15, -0.1) is 0 Å². The van der Waals surface area contributed by atoms with Gasteiger partial charge in [-0.1, -0.05) is 42.5 Å². The number of aromatic nitrogens is 2. The van der Waals surface area contributed by atoms with Crippen molar-refractivity contribution in [3.8, 4) is 11.3 Å². The number of hydrogen-bond donors (Lipinski definition) is 3. The van der Waals surface area contributed by atoms with Crippen molar-refractivity contribution in [2.75, 3.05) is 25.6 Å². The summed E-state index contributed by atoms with van der Waals surface area (Å²) >= 11 is 0. The van der Waals surface area contributed by atoms with Gasteiger partial charge < -0.3 is 20.9 Å². The Bertz CT molecular complexity index is 1000. The Kier molecular flexibility index (Phi) is 6.02. The summed E-state index contributed by atoms with van der Waals surface area (Å²) in [5, 5.41) is 12.5. The lowest BCUT2D eigenvalue weighted by atomic mass is 10.0. The Balaban J connectivity index is 1.51. The van der Waals surface area contributed by atoms with Gasteiger partial charge in [0.15, 0.2) is 0 Å². The zero-order chi connectivity index (χ0) is 20.9. The molecule has 1 aliphatic heterocycles. The fourth-order valence-corrected chi connectivity index (χ4v) is 3.53. The maximum atomic E-state index is 12.6. The van der Waals surface area contributed by atoms with Crippen LogP contribution in [0.3, 0.4) is 0 Å². The Hall–Kier alpha value is -3.29. The number of anilines is 1. The second kappa shape index (κ2) is 9.02. The van der Waals surface area contributed by atoms with Gasteiger partial charge in [0, 0.05) is 23.7 Å². The van der Waals surface area contributed by atoms with Gasteiger partial charge in [-0.05, 0) is 24.1 Å². The summed E-state index contributed by atoms with van der Waals surface area (Å²) in [7, 11) is 0. The number of nitrogens with one attached hydrogen (secondary N) is 1. The Morgan fingerprint density at radius 2 is 1.97 bits per heavy atom. The monoisotopic (exact) mass is 404 g/mol. The zero-order valence-electron chi connectivity index (χ0n) is 16.5. The van der Waals surface area contributed by atoms with Gasteiger partial charge in [-0.3, -0.25) is 4.79 Å². The highest BCUT2D eigenvalue weighted by Crippen LogP contribution is 2.28. The van der Waals surface area contributed by atoms with E-state index < -0.39 is 6.04 Å². The van der Waals surface area contributed by atoms with Crippen molar-refractivity contribution in [2.45, 2.75) is 18.4 Å². The molecule has 0 saturated carbocycles. The van der Waals surface area contributed by atoms with Crippen molar-refractivity contribution < 1.29 is 14.6 Å². The summed E-state index contributed by atoms with van der Waals surface area (Å²) in [6.07, 6.45) is 2.63. The molecule has 4 N–H and O–H groups in total. The molecule has 7 nitrogen and oxygen atoms in total. The molecule has 1 amide bonds. The molecule has 0 radical (unpaired) electrons. The molecule has 1 unspecified atom stereocenters. The molecule has 1 aromatic heterocycles. The third-order valence-corrected chi connectivity index (χ3v) is 5.28. The number of nitrogen functional groups attached to an aromatic ring is 1. The van der Waals surface area contributed by atoms with E-state index in [0.717, 1.165) is 29.8 Å². The Morgan fingerprint density at radius 1 is 1.20 bits per heavy atom. The number of nitrogens with two attached hydrogens (primary N) is 1. The van der Waals surface area contributed by atoms with Crippen molar-refractivity contribution in [3.63, 3.8) is 0 Å². The van der Waals surface area contributed by atoms with E-state index in [4.69, 9.17) is 15.5 Å². The summed E-state index contributed by atoms with van der Waals surface area (Å²) in [4.78, 5) is 21.6. The topological polar surface area (TPSA) is 110 Å². The van der Waals surface area contributed by atoms with Crippen molar-refractivity contribution >= 4 is 11.7 Å². The second-order valence-electron chi connectivity index (χ2n) is 7.29. The van der Waals surface area contributed by atoms with Crippen LogP contribution in [0.5, 0.6) is 0 Å². The molecular weight excluding hydrogens is 380 g/mol. The van der Waals surface area contributed by atoms with E-state index in [9.17, 15) is 9.90 Å². The number of nitrogens with zero attached hydrogens (tertiary/aromatic N) is 2. The van der Waals surface area contributed by atoms with Crippen molar-refractivity contribution in [1.82, 2.24) is 15.3 Å². The van der Waals surface area contributed by atoms with E-state index in [-0.39, 0.29) is 18.4 Å². The van der Waals surface area contributed by atoms with Gasteiger partial charge in [-0.25, -0.2) is 9.97 Å². The number of carbonyl (C=O) groups excluding carboxylic acids is 1. The molecule has 4 rings (SSSR count). The minimum atomic E-state index is -0.467. The number of rotatable bonds is 6. The molecule has 0 aliphatic carbocycles. The number of benzene rings is 2. The van der Waals surface area contributed by atoms with Crippen LogP contribution in [0, 0.1) is 0 Å². The van der Waals surface area contributed by atoms with Crippen LogP contribution in [0.2, 0.25) is 0 Å². The molecule has 2 atom stereocenters. The summed E-state index contributed by atoms with van der Waals surface area (Å²) in [5.41, 5.74) is 9.65. The van der Waals surface area contributed by atoms with E-state index in [2.05, 4.69) is 10.3 Å². The van der Waals surface area contributed by atoms with Crippen LogP contribution in [-0.2, 0) is 4.74 Å². The first-order valence-electron chi connectivity index (χ1n) is 9.93. The minimum absolute atomic E-state index is 0.183. The molecule has 7 heteroatoms. The molecule has 1 aliphatic rings. The second-order valence-corrected chi connectivity index (χ2v) is 7.29. The lowest BCUT2D eigenvalue weighted by molar-refractivity contribution is 0.0916. The van der Waals surface area contributed by atoms with Gasteiger partial charge in [-0.2, -0.15) is 0 Å². The SMILES string of the molecule is Nc1ncc([C@@H]2CCOC2)nc1-c1ccc(C(=O)NC(CO)c2ccccc2)cc1. The molecule has 0 bridgehead atoms. The van der Waals surface area contributed by atoms with Gasteiger partial charge >= 0.3 is 0 Å². The van der Waals surface area contributed by atoms with Gasteiger partial charge in [0.1, 0.15) is 11.5 Å². The predicted molar refractivity (Wildman–Crippen MR) is 114 cm³/mol. The summed E-state index contributed by atoms with van der Waals surface area (Å²) in [6, 6.07) is 16.0. The number of aliphatic hydroxyl groups is 1. The molecule has 1 fully saturated rings. The van der Waals surface area contributed by atoms with E-state index in [1.165, 1.54) is 0 Å². The standard InChI is InChI=1S/C23H24N4O3/c24-22-21(26-19(12-25-22)18-10-11-30-14-18)16-6-8-17(9-7-16)23(29)27-20(13-28)15-4-2-1-3-5-15/h1-9,12,18,20,28H,10-11,13-14H2,(H2,24,25)(H,27,29)/t18-,20?/m1/s1. The summed E-state index contributed by atoms with van der Waals surface area (Å²) < 4.78 is 5.44. The van der Waals surface area contributed by atoms with Crippen LogP contribution in [-0.4, -0.2) is 40.8 Å². The molecular formula is C23H24N4O3. The van der Waals surface area contributed by atoms with E-state index >= 15 is 0 Å². The molecule has 2 aromatic carbocycles. The Labute approximate surface area is 174 Å². The molecule has 0 spiro atoms. The Morgan fingerprint density at radius 3 is 2.63 bits per heavy atom. The zero-order valence-corrected chi connectivity index (χ0v) is 16.5. The number of ether oxygens (including phenoxy) is 1. The maximum Gasteiger partial charge on any atom is 0.251 e. The smallest absolute Gasteiger partial charge is 0.251 e. The van der Waals surface area contributed by atoms with Gasteiger partial charge in [0.2, 0.25) is 0 Å². The van der Waals surface area contributed by atoms with Crippen LogP contribution in [0.4, 0.5) is 5.82 Å². The predicted octanol–water partition coefficient (Wildman–Crippen LogP) is 2.69. The van der Waals surface area contributed by atoms with Gasteiger partial charge in [0.25, 0.3) is 5.91 Å². The van der Waals surface area contributed by atoms with Crippen LogP contribution in [0.15, 0.2) is 60.8 Å². The average Bonchev–Trinajstić information content (AvgIpc) is 3.33. The highest BCUT2D eigenvalue weighted by molar-refractivity contribution is 5.95. The van der Waals surface area contributed by atoms with E-state index in [0.29, 0.717) is 23.7 Å². The highest BCUT2D eigenvalue weighted by Gasteiger charge is 2.21. The minimum Gasteiger partial charge on any atom is -0.394 e. The number of hydrogen-bond acceptors (Lipinski definition) is 6. The molecule has 30 heavy (non-hydrogen) atoms. The largest absolute Gasteiger partial charge is 0.394 e. The summed E-state index contributed by atoms with van der Waals surface area (Å²) in [5.74, 6) is 0.315. The molecule has 1 saturated heterocycles. The van der Waals surface area contributed by atoms with Crippen LogP contribution >= 0.6 is 0 Å². The molecule has 2 heterocycles. The van der Waals surface area contributed by atoms with Crippen LogP contribution in [0.25, 0.3) is 11.3 Å². The lowest BCUT2D eigenvalue weighted by Gasteiger charge is -2.17. The van der Waals surface area contributed by atoms with E-state index in [1.54, 1.807) is 30.5 Å². The lowest BCUT2D eigenvalue weighted by Crippen LogP contribution is -2.30. The first-order valence-corrected chi connectivity index (χ1v) is 9.93. The van der Waals surface area contributed by atoms with Crippen LogP contribution in [0.1, 0.15) is 40.0 Å². The number of carbonyl (C=O) groups is 1. The van der Waals surface area contributed by atoms with Crippen molar-refractivity contribution in [2.24, 2.45) is 0 Å². The van der Waals surface area contributed by atoms with Crippen LogP contribution < -0.4 is 11.1 Å². The van der Waals surface area contributed by atoms with Crippen molar-refractivity contribution in [1.29, 1.82) is 0 Å². The number of amides is 1. The number of aliphatic hydroxyl groups excluding tert-OH is 1. The first kappa shape index (κ1) is 20.0.